The van der Waals surface area contributed by atoms with Crippen LogP contribution < -0.4 is 5.32 Å². The van der Waals surface area contributed by atoms with Gasteiger partial charge in [0.15, 0.2) is 0 Å². The van der Waals surface area contributed by atoms with Crippen LogP contribution in [0.4, 0.5) is 0 Å². The Morgan fingerprint density at radius 2 is 2.16 bits per heavy atom. The fourth-order valence-electron chi connectivity index (χ4n) is 2.05. The van der Waals surface area contributed by atoms with E-state index in [1.54, 1.807) is 23.6 Å². The Hall–Kier alpha value is -1.59. The Labute approximate surface area is 116 Å². The quantitative estimate of drug-likeness (QED) is 0.734. The van der Waals surface area contributed by atoms with Gasteiger partial charge in [-0.2, -0.15) is 0 Å². The van der Waals surface area contributed by atoms with Gasteiger partial charge < -0.3 is 15.5 Å². The maximum atomic E-state index is 9.86. The predicted molar refractivity (Wildman–Crippen MR) is 76.5 cm³/mol. The third-order valence-corrected chi connectivity index (χ3v) is 3.98. The first-order chi connectivity index (χ1) is 9.11. The smallest absolute Gasteiger partial charge is 0.120 e. The standard InChI is InChI=1S/C14H18N2O2S/c1-3-12(14-15-6-7-19-14)16-9(2)11-8-10(17)4-5-13(11)18/h4-9,12,16-18H,3H2,1-2H3. The van der Waals surface area contributed by atoms with Gasteiger partial charge in [0, 0.05) is 23.2 Å². The summed E-state index contributed by atoms with van der Waals surface area (Å²) in [6.45, 7) is 4.05. The molecule has 0 aliphatic carbocycles. The summed E-state index contributed by atoms with van der Waals surface area (Å²) in [6, 6.07) is 4.65. The average Bonchev–Trinajstić information content (AvgIpc) is 2.92. The minimum Gasteiger partial charge on any atom is -0.508 e. The zero-order valence-corrected chi connectivity index (χ0v) is 11.8. The van der Waals surface area contributed by atoms with E-state index < -0.39 is 0 Å². The number of aromatic nitrogens is 1. The molecule has 0 saturated heterocycles. The van der Waals surface area contributed by atoms with Gasteiger partial charge in [-0.3, -0.25) is 0 Å². The molecular weight excluding hydrogens is 260 g/mol. The topological polar surface area (TPSA) is 65.4 Å². The van der Waals surface area contributed by atoms with Crippen LogP contribution in [0.2, 0.25) is 0 Å². The fraction of sp³-hybridized carbons (Fsp3) is 0.357. The number of thiazole rings is 1. The van der Waals surface area contributed by atoms with Crippen LogP contribution in [-0.4, -0.2) is 15.2 Å². The monoisotopic (exact) mass is 278 g/mol. The maximum Gasteiger partial charge on any atom is 0.120 e. The third kappa shape index (κ3) is 3.24. The molecule has 1 aromatic carbocycles. The highest BCUT2D eigenvalue weighted by atomic mass is 32.1. The lowest BCUT2D eigenvalue weighted by atomic mass is 10.1. The van der Waals surface area contributed by atoms with Crippen molar-refractivity contribution in [1.82, 2.24) is 10.3 Å². The van der Waals surface area contributed by atoms with Crippen LogP contribution in [0.3, 0.4) is 0 Å². The lowest BCUT2D eigenvalue weighted by molar-refractivity contribution is 0.417. The molecule has 2 rings (SSSR count). The summed E-state index contributed by atoms with van der Waals surface area (Å²) in [4.78, 5) is 4.32. The third-order valence-electron chi connectivity index (χ3n) is 3.09. The van der Waals surface area contributed by atoms with Crippen LogP contribution in [0.15, 0.2) is 29.8 Å². The molecule has 19 heavy (non-hydrogen) atoms. The van der Waals surface area contributed by atoms with Crippen LogP contribution in [0.25, 0.3) is 0 Å². The first-order valence-electron chi connectivity index (χ1n) is 6.29. The van der Waals surface area contributed by atoms with Crippen molar-refractivity contribution in [3.05, 3.63) is 40.3 Å². The van der Waals surface area contributed by atoms with Crippen LogP contribution >= 0.6 is 11.3 Å². The van der Waals surface area contributed by atoms with E-state index in [1.807, 2.05) is 12.3 Å². The second-order valence-corrected chi connectivity index (χ2v) is 5.39. The van der Waals surface area contributed by atoms with Gasteiger partial charge in [-0.25, -0.2) is 4.98 Å². The molecule has 0 radical (unpaired) electrons. The van der Waals surface area contributed by atoms with E-state index in [0.717, 1.165) is 11.4 Å². The second-order valence-electron chi connectivity index (χ2n) is 4.46. The average molecular weight is 278 g/mol. The second kappa shape index (κ2) is 6.04. The number of nitrogens with zero attached hydrogens (tertiary/aromatic N) is 1. The molecule has 0 fully saturated rings. The zero-order chi connectivity index (χ0) is 13.8. The summed E-state index contributed by atoms with van der Waals surface area (Å²) in [6.07, 6.45) is 2.71. The lowest BCUT2D eigenvalue weighted by Gasteiger charge is -2.21. The highest BCUT2D eigenvalue weighted by molar-refractivity contribution is 7.09. The Morgan fingerprint density at radius 3 is 2.79 bits per heavy atom. The SMILES string of the molecule is CCC(NC(C)c1cc(O)ccc1O)c1nccs1. The summed E-state index contributed by atoms with van der Waals surface area (Å²) < 4.78 is 0. The van der Waals surface area contributed by atoms with Crippen molar-refractivity contribution in [2.45, 2.75) is 32.4 Å². The van der Waals surface area contributed by atoms with Crippen molar-refractivity contribution >= 4 is 11.3 Å². The predicted octanol–water partition coefficient (Wildman–Crippen LogP) is 3.36. The Balaban J connectivity index is 2.15. The summed E-state index contributed by atoms with van der Waals surface area (Å²) >= 11 is 1.61. The summed E-state index contributed by atoms with van der Waals surface area (Å²) in [5.41, 5.74) is 0.690. The molecule has 0 bridgehead atoms. The molecule has 2 aromatic rings. The largest absolute Gasteiger partial charge is 0.508 e. The first kappa shape index (κ1) is 13.8. The first-order valence-corrected chi connectivity index (χ1v) is 7.17. The fourth-order valence-corrected chi connectivity index (χ4v) is 2.83. The number of nitrogens with one attached hydrogen (secondary N) is 1. The van der Waals surface area contributed by atoms with Gasteiger partial charge in [0.05, 0.1) is 6.04 Å². The van der Waals surface area contributed by atoms with Crippen molar-refractivity contribution in [2.24, 2.45) is 0 Å². The van der Waals surface area contributed by atoms with Crippen molar-refractivity contribution in [1.29, 1.82) is 0 Å². The molecule has 0 saturated carbocycles. The number of hydrogen-bond donors (Lipinski definition) is 3. The van der Waals surface area contributed by atoms with Crippen molar-refractivity contribution in [3.8, 4) is 11.5 Å². The van der Waals surface area contributed by atoms with Gasteiger partial charge in [0.25, 0.3) is 0 Å². The molecule has 2 unspecified atom stereocenters. The molecule has 4 nitrogen and oxygen atoms in total. The summed E-state index contributed by atoms with van der Waals surface area (Å²) in [7, 11) is 0. The van der Waals surface area contributed by atoms with Gasteiger partial charge in [-0.05, 0) is 31.5 Å². The number of benzene rings is 1. The number of rotatable bonds is 5. The molecule has 1 heterocycles. The molecule has 2 atom stereocenters. The molecule has 1 aromatic heterocycles. The molecule has 0 aliphatic heterocycles. The molecule has 102 valence electrons. The van der Waals surface area contributed by atoms with E-state index in [-0.39, 0.29) is 23.6 Å². The van der Waals surface area contributed by atoms with Crippen molar-refractivity contribution in [3.63, 3.8) is 0 Å². The number of aromatic hydroxyl groups is 2. The molecule has 0 spiro atoms. The minimum atomic E-state index is -0.0686. The summed E-state index contributed by atoms with van der Waals surface area (Å²) in [5, 5.41) is 25.8. The van der Waals surface area contributed by atoms with E-state index in [2.05, 4.69) is 17.2 Å². The van der Waals surface area contributed by atoms with E-state index in [9.17, 15) is 10.2 Å². The minimum absolute atomic E-state index is 0.0686. The van der Waals surface area contributed by atoms with Gasteiger partial charge in [0.1, 0.15) is 16.5 Å². The van der Waals surface area contributed by atoms with E-state index in [4.69, 9.17) is 0 Å². The van der Waals surface area contributed by atoms with Gasteiger partial charge in [-0.15, -0.1) is 11.3 Å². The van der Waals surface area contributed by atoms with Gasteiger partial charge >= 0.3 is 0 Å². The van der Waals surface area contributed by atoms with Gasteiger partial charge in [-0.1, -0.05) is 6.92 Å². The Kier molecular flexibility index (Phi) is 4.39. The van der Waals surface area contributed by atoms with Crippen LogP contribution in [0.5, 0.6) is 11.5 Å². The van der Waals surface area contributed by atoms with Crippen molar-refractivity contribution < 1.29 is 10.2 Å². The van der Waals surface area contributed by atoms with E-state index >= 15 is 0 Å². The number of phenols is 2. The van der Waals surface area contributed by atoms with Crippen LogP contribution in [0, 0.1) is 0 Å². The van der Waals surface area contributed by atoms with Gasteiger partial charge in [0.2, 0.25) is 0 Å². The summed E-state index contributed by atoms with van der Waals surface area (Å²) in [5.74, 6) is 0.343. The normalized spacial score (nSPS) is 14.2. The molecular formula is C14H18N2O2S. The maximum absolute atomic E-state index is 9.86. The molecule has 0 aliphatic rings. The molecule has 3 N–H and O–H groups in total. The number of phenolic OH excluding ortho intramolecular Hbond substituents is 2. The zero-order valence-electron chi connectivity index (χ0n) is 11.0. The Morgan fingerprint density at radius 1 is 1.37 bits per heavy atom. The van der Waals surface area contributed by atoms with Crippen LogP contribution in [0.1, 0.15) is 42.9 Å². The highest BCUT2D eigenvalue weighted by Crippen LogP contribution is 2.30. The van der Waals surface area contributed by atoms with Crippen LogP contribution in [-0.2, 0) is 0 Å². The molecule has 5 heteroatoms. The van der Waals surface area contributed by atoms with Crippen molar-refractivity contribution in [2.75, 3.05) is 0 Å². The number of hydrogen-bond acceptors (Lipinski definition) is 5. The highest BCUT2D eigenvalue weighted by Gasteiger charge is 2.18. The molecule has 0 amide bonds. The van der Waals surface area contributed by atoms with E-state index in [0.29, 0.717) is 5.56 Å². The lowest BCUT2D eigenvalue weighted by Crippen LogP contribution is -2.24. The van der Waals surface area contributed by atoms with E-state index in [1.165, 1.54) is 12.1 Å². The Bertz CT molecular complexity index is 528.